The summed E-state index contributed by atoms with van der Waals surface area (Å²) in [6.07, 6.45) is -3.28. The number of halogens is 3. The second-order valence-electron chi connectivity index (χ2n) is 9.47. The zero-order valence-corrected chi connectivity index (χ0v) is 22.9. The number of hydrogen-bond acceptors (Lipinski definition) is 6. The average Bonchev–Trinajstić information content (AvgIpc) is 2.96. The van der Waals surface area contributed by atoms with E-state index < -0.39 is 11.7 Å². The van der Waals surface area contributed by atoms with E-state index in [1.807, 2.05) is 35.2 Å². The molecular formula is C30H33F3N2O5. The van der Waals surface area contributed by atoms with Crippen molar-refractivity contribution in [2.75, 3.05) is 41.5 Å². The Balaban J connectivity index is 1.60. The van der Waals surface area contributed by atoms with E-state index >= 15 is 0 Å². The maximum Gasteiger partial charge on any atom is 0.416 e. The van der Waals surface area contributed by atoms with Crippen LogP contribution in [-0.2, 0) is 30.4 Å². The van der Waals surface area contributed by atoms with Crippen molar-refractivity contribution >= 4 is 5.91 Å². The van der Waals surface area contributed by atoms with Gasteiger partial charge in [0, 0.05) is 19.1 Å². The van der Waals surface area contributed by atoms with Gasteiger partial charge < -0.3 is 24.3 Å². The predicted octanol–water partition coefficient (Wildman–Crippen LogP) is 5.20. The summed E-state index contributed by atoms with van der Waals surface area (Å²) in [6, 6.07) is 14.6. The van der Waals surface area contributed by atoms with E-state index in [9.17, 15) is 18.0 Å². The number of nitrogens with zero attached hydrogens (tertiary/aromatic N) is 1. The lowest BCUT2D eigenvalue weighted by Gasteiger charge is -2.37. The van der Waals surface area contributed by atoms with E-state index in [1.165, 1.54) is 18.2 Å². The van der Waals surface area contributed by atoms with Gasteiger partial charge in [0.2, 0.25) is 5.91 Å². The molecule has 1 amide bonds. The third-order valence-electron chi connectivity index (χ3n) is 7.14. The maximum atomic E-state index is 13.4. The number of rotatable bonds is 10. The van der Waals surface area contributed by atoms with Gasteiger partial charge in [-0.15, -0.1) is 0 Å². The van der Waals surface area contributed by atoms with E-state index in [2.05, 4.69) is 5.32 Å². The second-order valence-corrected chi connectivity index (χ2v) is 9.47. The Kier molecular flexibility index (Phi) is 9.09. The molecule has 0 aromatic heterocycles. The van der Waals surface area contributed by atoms with Crippen LogP contribution in [-0.4, -0.2) is 52.3 Å². The summed E-state index contributed by atoms with van der Waals surface area (Å²) in [7, 11) is 6.30. The number of benzene rings is 3. The highest BCUT2D eigenvalue weighted by Crippen LogP contribution is 2.40. The minimum Gasteiger partial charge on any atom is -0.493 e. The molecule has 10 heteroatoms. The zero-order chi connectivity index (χ0) is 28.9. The normalized spacial score (nSPS) is 15.2. The Morgan fingerprint density at radius 3 is 2.23 bits per heavy atom. The molecule has 7 nitrogen and oxygen atoms in total. The van der Waals surface area contributed by atoms with Crippen LogP contribution < -0.4 is 24.3 Å². The molecule has 1 unspecified atom stereocenters. The van der Waals surface area contributed by atoms with Gasteiger partial charge in [0.1, 0.15) is 0 Å². The van der Waals surface area contributed by atoms with E-state index in [4.69, 9.17) is 18.9 Å². The lowest BCUT2D eigenvalue weighted by atomic mass is 9.88. The molecule has 40 heavy (non-hydrogen) atoms. The molecule has 3 aromatic rings. The maximum absolute atomic E-state index is 13.4. The number of fused-ring (bicyclic) bond motifs is 1. The Bertz CT molecular complexity index is 1350. The van der Waals surface area contributed by atoms with Crippen LogP contribution >= 0.6 is 0 Å². The first-order valence-electron chi connectivity index (χ1n) is 12.8. The smallest absolute Gasteiger partial charge is 0.416 e. The predicted molar refractivity (Wildman–Crippen MR) is 144 cm³/mol. The molecule has 214 valence electrons. The quantitative estimate of drug-likeness (QED) is 0.369. The summed E-state index contributed by atoms with van der Waals surface area (Å²) in [4.78, 5) is 15.1. The summed E-state index contributed by atoms with van der Waals surface area (Å²) in [5.41, 5.74) is 2.31. The van der Waals surface area contributed by atoms with Crippen LogP contribution in [0.4, 0.5) is 13.2 Å². The molecule has 0 saturated heterocycles. The number of nitrogens with one attached hydrogen (secondary N) is 1. The van der Waals surface area contributed by atoms with Crippen LogP contribution in [0.1, 0.15) is 33.9 Å². The van der Waals surface area contributed by atoms with E-state index in [0.717, 1.165) is 22.8 Å². The number of ether oxygens (including phenoxy) is 4. The number of carbonyl (C=O) groups excluding carboxylic acids is 1. The monoisotopic (exact) mass is 558 g/mol. The first kappa shape index (κ1) is 29.1. The molecule has 0 spiro atoms. The number of alkyl halides is 3. The van der Waals surface area contributed by atoms with Crippen LogP contribution in [0.2, 0.25) is 0 Å². The third kappa shape index (κ3) is 6.44. The second kappa shape index (κ2) is 12.5. The van der Waals surface area contributed by atoms with E-state index in [0.29, 0.717) is 42.4 Å². The first-order chi connectivity index (χ1) is 19.2. The van der Waals surface area contributed by atoms with Crippen molar-refractivity contribution in [3.63, 3.8) is 0 Å². The Hall–Kier alpha value is -3.92. The van der Waals surface area contributed by atoms with Crippen molar-refractivity contribution < 1.29 is 36.9 Å². The minimum absolute atomic E-state index is 0.0138. The molecule has 0 fully saturated rings. The van der Waals surface area contributed by atoms with Crippen LogP contribution in [0.5, 0.6) is 23.0 Å². The third-order valence-corrected chi connectivity index (χ3v) is 7.14. The molecule has 0 bridgehead atoms. The fraction of sp³-hybridized carbons (Fsp3) is 0.367. The molecule has 0 radical (unpaired) electrons. The Labute approximate surface area is 231 Å². The molecule has 1 heterocycles. The van der Waals surface area contributed by atoms with Gasteiger partial charge in [-0.05, 0) is 65.4 Å². The first-order valence-corrected chi connectivity index (χ1v) is 12.8. The van der Waals surface area contributed by atoms with Gasteiger partial charge in [-0.25, -0.2) is 0 Å². The van der Waals surface area contributed by atoms with Gasteiger partial charge in [-0.1, -0.05) is 24.3 Å². The van der Waals surface area contributed by atoms with Crippen molar-refractivity contribution in [2.24, 2.45) is 0 Å². The highest BCUT2D eigenvalue weighted by Gasteiger charge is 2.34. The molecule has 1 aliphatic rings. The van der Waals surface area contributed by atoms with Crippen molar-refractivity contribution in [3.8, 4) is 23.0 Å². The molecule has 3 aromatic carbocycles. The topological polar surface area (TPSA) is 69.3 Å². The highest BCUT2D eigenvalue weighted by atomic mass is 19.4. The molecule has 0 aliphatic carbocycles. The lowest BCUT2D eigenvalue weighted by molar-refractivity contribution is -0.138. The van der Waals surface area contributed by atoms with E-state index in [-0.39, 0.29) is 30.6 Å². The molecule has 1 atom stereocenters. The average molecular weight is 559 g/mol. The minimum atomic E-state index is -4.50. The zero-order valence-electron chi connectivity index (χ0n) is 22.9. The number of methoxy groups -OCH3 is 4. The molecule has 1 N–H and O–H groups in total. The van der Waals surface area contributed by atoms with Crippen molar-refractivity contribution in [3.05, 3.63) is 82.4 Å². The largest absolute Gasteiger partial charge is 0.493 e. The number of hydrogen-bond donors (Lipinski definition) is 1. The Morgan fingerprint density at radius 2 is 1.55 bits per heavy atom. The highest BCUT2D eigenvalue weighted by molar-refractivity contribution is 5.78. The van der Waals surface area contributed by atoms with Crippen molar-refractivity contribution in [1.29, 1.82) is 0 Å². The fourth-order valence-electron chi connectivity index (χ4n) is 5.12. The van der Waals surface area contributed by atoms with Crippen LogP contribution in [0.3, 0.4) is 0 Å². The van der Waals surface area contributed by atoms with Gasteiger partial charge in [0.15, 0.2) is 23.0 Å². The van der Waals surface area contributed by atoms with Gasteiger partial charge in [-0.3, -0.25) is 9.69 Å². The van der Waals surface area contributed by atoms with Crippen molar-refractivity contribution in [1.82, 2.24) is 10.2 Å². The SMILES string of the molecule is COc1ccc(CC2c3cc(OC)c(OC)cc3CCN2CC(=O)NCc2ccccc2C(F)(F)F)cc1OC. The van der Waals surface area contributed by atoms with Crippen molar-refractivity contribution in [2.45, 2.75) is 31.6 Å². The number of carbonyl (C=O) groups is 1. The van der Waals surface area contributed by atoms with Crippen LogP contribution in [0, 0.1) is 0 Å². The standard InChI is InChI=1S/C30H33F3N2O5/c1-37-25-10-9-19(14-26(25)38-2)13-24-22-16-28(40-4)27(39-3)15-20(22)11-12-35(24)18-29(36)34-17-21-7-5-6-8-23(21)30(31,32)33/h5-10,14-16,24H,11-13,17-18H2,1-4H3,(H,34,36). The van der Waals surface area contributed by atoms with Crippen LogP contribution in [0.15, 0.2) is 54.6 Å². The molecule has 1 aliphatic heterocycles. The van der Waals surface area contributed by atoms with Gasteiger partial charge in [0.05, 0.1) is 40.5 Å². The summed E-state index contributed by atoms with van der Waals surface area (Å²) in [6.45, 7) is 0.372. The summed E-state index contributed by atoms with van der Waals surface area (Å²) < 4.78 is 62.1. The van der Waals surface area contributed by atoms with Gasteiger partial charge >= 0.3 is 6.18 Å². The molecular weight excluding hydrogens is 525 g/mol. The summed E-state index contributed by atoms with van der Waals surface area (Å²) >= 11 is 0. The fourth-order valence-corrected chi connectivity index (χ4v) is 5.12. The van der Waals surface area contributed by atoms with E-state index in [1.54, 1.807) is 28.4 Å². The van der Waals surface area contributed by atoms with Gasteiger partial charge in [-0.2, -0.15) is 13.2 Å². The van der Waals surface area contributed by atoms with Gasteiger partial charge in [0.25, 0.3) is 0 Å². The lowest BCUT2D eigenvalue weighted by Crippen LogP contribution is -2.43. The molecule has 4 rings (SSSR count). The molecule has 0 saturated carbocycles. The van der Waals surface area contributed by atoms with Crippen LogP contribution in [0.25, 0.3) is 0 Å². The summed E-state index contributed by atoms with van der Waals surface area (Å²) in [5.74, 6) is 2.04. The summed E-state index contributed by atoms with van der Waals surface area (Å²) in [5, 5.41) is 2.68. The Morgan fingerprint density at radius 1 is 0.900 bits per heavy atom. The number of amides is 1.